The first-order valence-electron chi connectivity index (χ1n) is 11.3. The van der Waals surface area contributed by atoms with Gasteiger partial charge in [0.15, 0.2) is 11.5 Å². The van der Waals surface area contributed by atoms with Crippen molar-refractivity contribution in [2.24, 2.45) is 0 Å². The molecule has 0 saturated carbocycles. The molecule has 1 atom stereocenters. The van der Waals surface area contributed by atoms with E-state index in [1.807, 2.05) is 30.3 Å². The van der Waals surface area contributed by atoms with Crippen LogP contribution in [0.3, 0.4) is 0 Å². The van der Waals surface area contributed by atoms with E-state index in [1.54, 1.807) is 0 Å². The fourth-order valence-electron chi connectivity index (χ4n) is 3.74. The quantitative estimate of drug-likeness (QED) is 0.433. The van der Waals surface area contributed by atoms with Gasteiger partial charge in [0, 0.05) is 25.7 Å². The Bertz CT molecular complexity index is 1030. The summed E-state index contributed by atoms with van der Waals surface area (Å²) in [5.41, 5.74) is 0.853. The number of carbonyl (C=O) groups excluding carboxylic acids is 1. The van der Waals surface area contributed by atoms with E-state index in [-0.39, 0.29) is 23.0 Å². The normalized spacial score (nSPS) is 15.5. The summed E-state index contributed by atoms with van der Waals surface area (Å²) >= 11 is 0. The number of methoxy groups -OCH3 is 2. The van der Waals surface area contributed by atoms with Crippen molar-refractivity contribution in [2.75, 3.05) is 53.6 Å². The lowest BCUT2D eigenvalue weighted by Crippen LogP contribution is -2.48. The molecule has 0 unspecified atom stereocenters. The van der Waals surface area contributed by atoms with Crippen molar-refractivity contribution < 1.29 is 27.4 Å². The van der Waals surface area contributed by atoms with Gasteiger partial charge in [-0.1, -0.05) is 30.3 Å². The highest BCUT2D eigenvalue weighted by Crippen LogP contribution is 2.29. The molecule has 2 aromatic carbocycles. The number of rotatable bonds is 12. The standard InChI is InChI=1S/C24H33N3O6S/c1-31-22-10-9-20(18-23(22)32-2)34(29,30)26-21(17-19-7-4-3-5-8-19)24(28)25-11-6-12-27-13-15-33-16-14-27/h3-5,7-10,18,21,26H,6,11-17H2,1-2H3,(H,25,28)/t21-/m0/s1. The molecule has 0 bridgehead atoms. The monoisotopic (exact) mass is 491 g/mol. The molecule has 3 rings (SSSR count). The molecular formula is C24H33N3O6S. The van der Waals surface area contributed by atoms with Gasteiger partial charge in [0.05, 0.1) is 32.3 Å². The van der Waals surface area contributed by atoms with Gasteiger partial charge in [-0.2, -0.15) is 4.72 Å². The topological polar surface area (TPSA) is 106 Å². The van der Waals surface area contributed by atoms with Crippen LogP contribution in [0, 0.1) is 0 Å². The van der Waals surface area contributed by atoms with Gasteiger partial charge in [0.25, 0.3) is 0 Å². The zero-order chi connectivity index (χ0) is 24.4. The lowest BCUT2D eigenvalue weighted by Gasteiger charge is -2.26. The molecule has 10 heteroatoms. The molecular weight excluding hydrogens is 458 g/mol. The maximum atomic E-state index is 13.1. The molecule has 2 N–H and O–H groups in total. The van der Waals surface area contributed by atoms with Crippen LogP contribution in [-0.2, 0) is 26.0 Å². The molecule has 0 radical (unpaired) electrons. The Morgan fingerprint density at radius 2 is 1.76 bits per heavy atom. The van der Waals surface area contributed by atoms with E-state index in [0.717, 1.165) is 44.8 Å². The van der Waals surface area contributed by atoms with Crippen LogP contribution in [0.25, 0.3) is 0 Å². The Kier molecular flexibility index (Phi) is 9.70. The third-order valence-electron chi connectivity index (χ3n) is 5.62. The first kappa shape index (κ1) is 26.0. The van der Waals surface area contributed by atoms with E-state index in [1.165, 1.54) is 32.4 Å². The number of morpholine rings is 1. The highest BCUT2D eigenvalue weighted by atomic mass is 32.2. The van der Waals surface area contributed by atoms with E-state index in [0.29, 0.717) is 12.3 Å². The molecule has 186 valence electrons. The summed E-state index contributed by atoms with van der Waals surface area (Å²) in [5, 5.41) is 2.89. The van der Waals surface area contributed by atoms with Crippen LogP contribution < -0.4 is 19.5 Å². The fraction of sp³-hybridized carbons (Fsp3) is 0.458. The first-order valence-corrected chi connectivity index (χ1v) is 12.8. The lowest BCUT2D eigenvalue weighted by molar-refractivity contribution is -0.122. The minimum absolute atomic E-state index is 0.0108. The number of sulfonamides is 1. The van der Waals surface area contributed by atoms with Crippen LogP contribution in [0.1, 0.15) is 12.0 Å². The Morgan fingerprint density at radius 3 is 2.44 bits per heavy atom. The number of ether oxygens (including phenoxy) is 3. The first-order chi connectivity index (χ1) is 16.4. The van der Waals surface area contributed by atoms with Crippen LogP contribution in [0.15, 0.2) is 53.4 Å². The molecule has 1 heterocycles. The summed E-state index contributed by atoms with van der Waals surface area (Å²) in [6.07, 6.45) is 0.995. The molecule has 0 aromatic heterocycles. The second-order valence-corrected chi connectivity index (χ2v) is 9.69. The van der Waals surface area contributed by atoms with Gasteiger partial charge in [-0.15, -0.1) is 0 Å². The summed E-state index contributed by atoms with van der Waals surface area (Å²) in [6, 6.07) is 12.7. The van der Waals surface area contributed by atoms with Gasteiger partial charge in [0.2, 0.25) is 15.9 Å². The molecule has 0 spiro atoms. The van der Waals surface area contributed by atoms with Crippen LogP contribution in [0.5, 0.6) is 11.5 Å². The predicted molar refractivity (Wildman–Crippen MR) is 129 cm³/mol. The molecule has 9 nitrogen and oxygen atoms in total. The third-order valence-corrected chi connectivity index (χ3v) is 7.09. The zero-order valence-electron chi connectivity index (χ0n) is 19.7. The van der Waals surface area contributed by atoms with Crippen molar-refractivity contribution in [1.29, 1.82) is 0 Å². The molecule has 1 amide bonds. The molecule has 2 aromatic rings. The van der Waals surface area contributed by atoms with Gasteiger partial charge >= 0.3 is 0 Å². The van der Waals surface area contributed by atoms with E-state index in [4.69, 9.17) is 14.2 Å². The zero-order valence-corrected chi connectivity index (χ0v) is 20.5. The minimum Gasteiger partial charge on any atom is -0.493 e. The Balaban J connectivity index is 1.68. The summed E-state index contributed by atoms with van der Waals surface area (Å²) in [4.78, 5) is 15.3. The van der Waals surface area contributed by atoms with Crippen molar-refractivity contribution in [1.82, 2.24) is 14.9 Å². The fourth-order valence-corrected chi connectivity index (χ4v) is 4.95. The predicted octanol–water partition coefficient (Wildman–Crippen LogP) is 1.43. The third kappa shape index (κ3) is 7.42. The number of hydrogen-bond acceptors (Lipinski definition) is 7. The number of hydrogen-bond donors (Lipinski definition) is 2. The summed E-state index contributed by atoms with van der Waals surface area (Å²) in [7, 11) is -1.09. The van der Waals surface area contributed by atoms with Crippen molar-refractivity contribution >= 4 is 15.9 Å². The molecule has 0 aliphatic carbocycles. The number of carbonyl (C=O) groups is 1. The van der Waals surface area contributed by atoms with Crippen molar-refractivity contribution in [3.8, 4) is 11.5 Å². The summed E-state index contributed by atoms with van der Waals surface area (Å²) in [5.74, 6) is 0.340. The Morgan fingerprint density at radius 1 is 1.06 bits per heavy atom. The summed E-state index contributed by atoms with van der Waals surface area (Å²) in [6.45, 7) is 4.53. The highest BCUT2D eigenvalue weighted by Gasteiger charge is 2.27. The smallest absolute Gasteiger partial charge is 0.241 e. The maximum Gasteiger partial charge on any atom is 0.241 e. The van der Waals surface area contributed by atoms with Crippen molar-refractivity contribution in [2.45, 2.75) is 23.8 Å². The molecule has 34 heavy (non-hydrogen) atoms. The van der Waals surface area contributed by atoms with Crippen LogP contribution in [0.2, 0.25) is 0 Å². The second-order valence-electron chi connectivity index (χ2n) is 7.98. The largest absolute Gasteiger partial charge is 0.493 e. The summed E-state index contributed by atoms with van der Waals surface area (Å²) < 4.78 is 44.6. The van der Waals surface area contributed by atoms with Gasteiger partial charge < -0.3 is 19.5 Å². The number of amides is 1. The van der Waals surface area contributed by atoms with Crippen molar-refractivity contribution in [3.63, 3.8) is 0 Å². The van der Waals surface area contributed by atoms with E-state index in [9.17, 15) is 13.2 Å². The molecule has 1 aliphatic heterocycles. The SMILES string of the molecule is COc1ccc(S(=O)(=O)N[C@@H](Cc2ccccc2)C(=O)NCCCN2CCOCC2)cc1OC. The lowest BCUT2D eigenvalue weighted by atomic mass is 10.1. The van der Waals surface area contributed by atoms with Crippen LogP contribution in [-0.4, -0.2) is 78.9 Å². The minimum atomic E-state index is -4.00. The van der Waals surface area contributed by atoms with Crippen LogP contribution >= 0.6 is 0 Å². The van der Waals surface area contributed by atoms with Crippen molar-refractivity contribution in [3.05, 3.63) is 54.1 Å². The highest BCUT2D eigenvalue weighted by molar-refractivity contribution is 7.89. The number of nitrogens with one attached hydrogen (secondary N) is 2. The second kappa shape index (κ2) is 12.7. The van der Waals surface area contributed by atoms with Gasteiger partial charge in [0.1, 0.15) is 6.04 Å². The number of benzene rings is 2. The average Bonchev–Trinajstić information content (AvgIpc) is 2.86. The van der Waals surface area contributed by atoms with Gasteiger partial charge in [-0.25, -0.2) is 8.42 Å². The molecule has 1 aliphatic rings. The average molecular weight is 492 g/mol. The van der Waals surface area contributed by atoms with E-state index in [2.05, 4.69) is 14.9 Å². The number of nitrogens with zero attached hydrogens (tertiary/aromatic N) is 1. The Labute approximate surface area is 201 Å². The van der Waals surface area contributed by atoms with Gasteiger partial charge in [-0.3, -0.25) is 9.69 Å². The Hall–Kier alpha value is -2.66. The molecule has 1 saturated heterocycles. The van der Waals surface area contributed by atoms with E-state index < -0.39 is 16.1 Å². The molecule has 1 fully saturated rings. The van der Waals surface area contributed by atoms with Crippen LogP contribution in [0.4, 0.5) is 0 Å². The van der Waals surface area contributed by atoms with E-state index >= 15 is 0 Å². The maximum absolute atomic E-state index is 13.1. The van der Waals surface area contributed by atoms with Gasteiger partial charge in [-0.05, 0) is 37.1 Å².